The minimum absolute atomic E-state index is 0.0282. The van der Waals surface area contributed by atoms with Crippen LogP contribution in [0.5, 0.6) is 0 Å². The average Bonchev–Trinajstić information content (AvgIpc) is 2.99. The highest BCUT2D eigenvalue weighted by molar-refractivity contribution is 7.99. The third-order valence-electron chi connectivity index (χ3n) is 3.10. The monoisotopic (exact) mass is 356 g/mol. The smallest absolute Gasteiger partial charge is 0.254 e. The largest absolute Gasteiger partial charge is 0.383 e. The summed E-state index contributed by atoms with van der Waals surface area (Å²) in [6.45, 7) is 2.41. The molecule has 0 aromatic carbocycles. The van der Waals surface area contributed by atoms with Crippen molar-refractivity contribution in [2.45, 2.75) is 23.6 Å². The molecular formula is C11H17ClN2O3S3. The van der Waals surface area contributed by atoms with E-state index in [9.17, 15) is 8.42 Å². The molecule has 1 aromatic heterocycles. The number of hydrogen-bond acceptors (Lipinski definition) is 6. The van der Waals surface area contributed by atoms with Gasteiger partial charge in [-0.15, -0.1) is 0 Å². The Morgan fingerprint density at radius 3 is 2.80 bits per heavy atom. The molecule has 0 aliphatic carbocycles. The molecule has 0 N–H and O–H groups in total. The van der Waals surface area contributed by atoms with Gasteiger partial charge in [0.15, 0.2) is 8.68 Å². The van der Waals surface area contributed by atoms with Gasteiger partial charge < -0.3 is 4.74 Å². The number of hydrogen-bond donors (Lipinski definition) is 0. The van der Waals surface area contributed by atoms with Gasteiger partial charge in [0, 0.05) is 25.4 Å². The summed E-state index contributed by atoms with van der Waals surface area (Å²) < 4.78 is 32.8. The molecule has 0 radical (unpaired) electrons. The maximum Gasteiger partial charge on any atom is 0.254 e. The van der Waals surface area contributed by atoms with Crippen LogP contribution >= 0.6 is 34.7 Å². The van der Waals surface area contributed by atoms with E-state index < -0.39 is 10.0 Å². The molecule has 1 atom stereocenters. The number of ether oxygens (including phenoxy) is 1. The highest BCUT2D eigenvalue weighted by Gasteiger charge is 2.35. The second-order valence-electron chi connectivity index (χ2n) is 4.47. The molecule has 0 spiro atoms. The van der Waals surface area contributed by atoms with Crippen LogP contribution < -0.4 is 0 Å². The van der Waals surface area contributed by atoms with Crippen LogP contribution in [0.15, 0.2) is 4.21 Å². The number of halogens is 1. The van der Waals surface area contributed by atoms with Gasteiger partial charge in [0.05, 0.1) is 12.3 Å². The molecule has 0 bridgehead atoms. The standard InChI is InChI=1S/C11H17ClN2O3S3/c1-8-10(19-11(12)13-8)20(15,16)14(4-5-17-2)9-3-6-18-7-9/h9H,3-7H2,1-2H3. The molecule has 1 aliphatic rings. The topological polar surface area (TPSA) is 59.5 Å². The van der Waals surface area contributed by atoms with Crippen LogP contribution in [0, 0.1) is 6.92 Å². The maximum atomic E-state index is 12.8. The van der Waals surface area contributed by atoms with Crippen LogP contribution in [-0.4, -0.2) is 55.5 Å². The first-order chi connectivity index (χ1) is 9.46. The predicted octanol–water partition coefficient (Wildman–Crippen LogP) is 2.25. The van der Waals surface area contributed by atoms with E-state index >= 15 is 0 Å². The first-order valence-electron chi connectivity index (χ1n) is 6.18. The van der Waals surface area contributed by atoms with E-state index in [1.807, 2.05) is 0 Å². The molecule has 20 heavy (non-hydrogen) atoms. The van der Waals surface area contributed by atoms with Crippen molar-refractivity contribution in [2.75, 3.05) is 31.8 Å². The number of aromatic nitrogens is 1. The second-order valence-corrected chi connectivity index (χ2v) is 9.28. The average molecular weight is 357 g/mol. The zero-order chi connectivity index (χ0) is 14.8. The Morgan fingerprint density at radius 2 is 2.30 bits per heavy atom. The van der Waals surface area contributed by atoms with E-state index in [4.69, 9.17) is 16.3 Å². The molecule has 0 amide bonds. The lowest BCUT2D eigenvalue weighted by molar-refractivity contribution is 0.169. The van der Waals surface area contributed by atoms with E-state index in [0.717, 1.165) is 29.3 Å². The van der Waals surface area contributed by atoms with E-state index in [1.54, 1.807) is 30.1 Å². The van der Waals surface area contributed by atoms with Gasteiger partial charge in [0.1, 0.15) is 0 Å². The van der Waals surface area contributed by atoms with Gasteiger partial charge in [-0.2, -0.15) is 16.1 Å². The molecule has 114 valence electrons. The van der Waals surface area contributed by atoms with Crippen molar-refractivity contribution in [3.8, 4) is 0 Å². The van der Waals surface area contributed by atoms with E-state index in [-0.39, 0.29) is 14.7 Å². The summed E-state index contributed by atoms with van der Waals surface area (Å²) in [5.41, 5.74) is 0.466. The van der Waals surface area contributed by atoms with Gasteiger partial charge in [-0.3, -0.25) is 0 Å². The van der Waals surface area contributed by atoms with Gasteiger partial charge in [-0.05, 0) is 19.1 Å². The van der Waals surface area contributed by atoms with Crippen molar-refractivity contribution in [3.63, 3.8) is 0 Å². The summed E-state index contributed by atoms with van der Waals surface area (Å²) in [5, 5.41) is 0. The summed E-state index contributed by atoms with van der Waals surface area (Å²) in [5.74, 6) is 1.82. The Morgan fingerprint density at radius 1 is 1.55 bits per heavy atom. The molecule has 1 saturated heterocycles. The van der Waals surface area contributed by atoms with Crippen LogP contribution in [0.25, 0.3) is 0 Å². The molecule has 2 rings (SSSR count). The Kier molecular flexibility index (Phi) is 5.72. The number of thioether (sulfide) groups is 1. The molecule has 1 aliphatic heterocycles. The van der Waals surface area contributed by atoms with Crippen LogP contribution in [-0.2, 0) is 14.8 Å². The van der Waals surface area contributed by atoms with Crippen LogP contribution in [0.1, 0.15) is 12.1 Å². The van der Waals surface area contributed by atoms with E-state index in [2.05, 4.69) is 4.98 Å². The zero-order valence-electron chi connectivity index (χ0n) is 11.3. The molecule has 9 heteroatoms. The number of rotatable bonds is 6. The van der Waals surface area contributed by atoms with Gasteiger partial charge in [0.25, 0.3) is 10.0 Å². The Bertz CT molecular complexity index is 555. The normalized spacial score (nSPS) is 19.9. The maximum absolute atomic E-state index is 12.8. The molecule has 1 aromatic rings. The fraction of sp³-hybridized carbons (Fsp3) is 0.727. The summed E-state index contributed by atoms with van der Waals surface area (Å²) >= 11 is 8.63. The third kappa shape index (κ3) is 3.48. The number of thiazole rings is 1. The van der Waals surface area contributed by atoms with E-state index in [1.165, 1.54) is 0 Å². The quantitative estimate of drug-likeness (QED) is 0.782. The van der Waals surface area contributed by atoms with Crippen LogP contribution in [0.2, 0.25) is 4.47 Å². The molecular weight excluding hydrogens is 340 g/mol. The lowest BCUT2D eigenvalue weighted by atomic mass is 10.3. The number of nitrogens with zero attached hydrogens (tertiary/aromatic N) is 2. The Hall–Kier alpha value is 0.140. The van der Waals surface area contributed by atoms with Crippen molar-refractivity contribution in [2.24, 2.45) is 0 Å². The molecule has 1 unspecified atom stereocenters. The Balaban J connectivity index is 2.32. The van der Waals surface area contributed by atoms with E-state index in [0.29, 0.717) is 18.8 Å². The number of methoxy groups -OCH3 is 1. The summed E-state index contributed by atoms with van der Waals surface area (Å²) in [7, 11) is -1.98. The zero-order valence-corrected chi connectivity index (χ0v) is 14.5. The highest BCUT2D eigenvalue weighted by atomic mass is 35.5. The SMILES string of the molecule is COCCN(C1CCSC1)S(=O)(=O)c1sc(Cl)nc1C. The fourth-order valence-electron chi connectivity index (χ4n) is 2.13. The minimum Gasteiger partial charge on any atom is -0.383 e. The minimum atomic E-state index is -3.56. The molecule has 1 fully saturated rings. The van der Waals surface area contributed by atoms with Crippen LogP contribution in [0.4, 0.5) is 0 Å². The van der Waals surface area contributed by atoms with Crippen LogP contribution in [0.3, 0.4) is 0 Å². The predicted molar refractivity (Wildman–Crippen MR) is 83.4 cm³/mol. The first-order valence-corrected chi connectivity index (χ1v) is 9.97. The van der Waals surface area contributed by atoms with Crippen molar-refractivity contribution in [1.29, 1.82) is 0 Å². The lowest BCUT2D eigenvalue weighted by Crippen LogP contribution is -2.42. The summed E-state index contributed by atoms with van der Waals surface area (Å²) in [6.07, 6.45) is 0.874. The number of sulfonamides is 1. The van der Waals surface area contributed by atoms with Crippen molar-refractivity contribution < 1.29 is 13.2 Å². The molecule has 2 heterocycles. The van der Waals surface area contributed by atoms with Crippen molar-refractivity contribution in [3.05, 3.63) is 10.2 Å². The first kappa shape index (κ1) is 16.5. The summed E-state index contributed by atoms with van der Waals surface area (Å²) in [4.78, 5) is 4.01. The molecule has 0 saturated carbocycles. The Labute approximate surface area is 132 Å². The van der Waals surface area contributed by atoms with Gasteiger partial charge >= 0.3 is 0 Å². The third-order valence-corrected chi connectivity index (χ3v) is 8.05. The van der Waals surface area contributed by atoms with Gasteiger partial charge in [-0.1, -0.05) is 22.9 Å². The fourth-order valence-corrected chi connectivity index (χ4v) is 6.93. The van der Waals surface area contributed by atoms with Crippen molar-refractivity contribution in [1.82, 2.24) is 9.29 Å². The highest BCUT2D eigenvalue weighted by Crippen LogP contribution is 2.33. The lowest BCUT2D eigenvalue weighted by Gasteiger charge is -2.26. The van der Waals surface area contributed by atoms with Crippen molar-refractivity contribution >= 4 is 44.7 Å². The van der Waals surface area contributed by atoms with Gasteiger partial charge in [0.2, 0.25) is 0 Å². The molecule has 5 nitrogen and oxygen atoms in total. The second kappa shape index (κ2) is 6.93. The van der Waals surface area contributed by atoms with Gasteiger partial charge in [-0.25, -0.2) is 13.4 Å². The summed E-state index contributed by atoms with van der Waals surface area (Å²) in [6, 6.07) is 0.0282. The number of aryl methyl sites for hydroxylation is 1.